The van der Waals surface area contributed by atoms with Crippen molar-refractivity contribution < 1.29 is 22.0 Å². The topological polar surface area (TPSA) is 57.7 Å². The molecule has 2 saturated heterocycles. The Hall–Kier alpha value is -2.32. The fourth-order valence-corrected chi connectivity index (χ4v) is 5.78. The molecular formula is C20H20F2N2O3S. The summed E-state index contributed by atoms with van der Waals surface area (Å²) in [4.78, 5) is 14.3. The van der Waals surface area contributed by atoms with Crippen LogP contribution in [0.3, 0.4) is 0 Å². The van der Waals surface area contributed by atoms with E-state index in [4.69, 9.17) is 0 Å². The molecule has 2 aromatic carbocycles. The quantitative estimate of drug-likeness (QED) is 0.787. The Balaban J connectivity index is 1.62. The van der Waals surface area contributed by atoms with Crippen LogP contribution in [0.1, 0.15) is 19.3 Å². The number of para-hydroxylation sites is 1. The van der Waals surface area contributed by atoms with Gasteiger partial charge in [-0.2, -0.15) is 4.31 Å². The molecule has 2 heterocycles. The van der Waals surface area contributed by atoms with Gasteiger partial charge in [-0.1, -0.05) is 18.2 Å². The highest BCUT2D eigenvalue weighted by Crippen LogP contribution is 2.43. The molecule has 0 bridgehead atoms. The summed E-state index contributed by atoms with van der Waals surface area (Å²) >= 11 is 0. The molecule has 1 unspecified atom stereocenters. The van der Waals surface area contributed by atoms with Crippen molar-refractivity contribution in [2.45, 2.75) is 24.2 Å². The van der Waals surface area contributed by atoms with Crippen molar-refractivity contribution in [1.82, 2.24) is 4.31 Å². The van der Waals surface area contributed by atoms with Crippen molar-refractivity contribution in [3.8, 4) is 0 Å². The smallest absolute Gasteiger partial charge is 0.246 e. The number of benzene rings is 2. The predicted molar refractivity (Wildman–Crippen MR) is 100 cm³/mol. The number of anilines is 1. The van der Waals surface area contributed by atoms with Crippen LogP contribution in [0, 0.1) is 17.0 Å². The van der Waals surface area contributed by atoms with E-state index in [2.05, 4.69) is 0 Å². The molecule has 0 N–H and O–H groups in total. The van der Waals surface area contributed by atoms with Gasteiger partial charge in [0.15, 0.2) is 0 Å². The molecule has 0 saturated carbocycles. The molecule has 1 spiro atoms. The standard InChI is InChI=1S/C20H20F2N2O3S/c21-15-7-8-18(17(22)13-15)28(26,27)23-11-4-9-20(14-23)10-12-24(19(20)25)16-5-2-1-3-6-16/h1-3,5-8,13H,4,9-12,14H2. The minimum absolute atomic E-state index is 0.00825. The number of hydrogen-bond acceptors (Lipinski definition) is 3. The van der Waals surface area contributed by atoms with Gasteiger partial charge in [0.05, 0.1) is 5.41 Å². The molecule has 4 rings (SSSR count). The van der Waals surface area contributed by atoms with Gasteiger partial charge in [0.25, 0.3) is 0 Å². The van der Waals surface area contributed by atoms with Gasteiger partial charge in [0.1, 0.15) is 16.5 Å². The second-order valence-electron chi connectivity index (χ2n) is 7.34. The van der Waals surface area contributed by atoms with Gasteiger partial charge >= 0.3 is 0 Å². The number of carbonyl (C=O) groups excluding carboxylic acids is 1. The molecule has 2 aliphatic heterocycles. The first kappa shape index (κ1) is 19.0. The maximum Gasteiger partial charge on any atom is 0.246 e. The maximum atomic E-state index is 14.1. The van der Waals surface area contributed by atoms with Crippen molar-refractivity contribution in [3.05, 3.63) is 60.2 Å². The Morgan fingerprint density at radius 2 is 1.71 bits per heavy atom. The number of halogens is 2. The van der Waals surface area contributed by atoms with Crippen LogP contribution in [-0.2, 0) is 14.8 Å². The average molecular weight is 406 g/mol. The summed E-state index contributed by atoms with van der Waals surface area (Å²) < 4.78 is 54.4. The number of sulfonamides is 1. The van der Waals surface area contributed by atoms with Gasteiger partial charge in [0, 0.05) is 31.4 Å². The van der Waals surface area contributed by atoms with Gasteiger partial charge < -0.3 is 4.90 Å². The Morgan fingerprint density at radius 3 is 2.43 bits per heavy atom. The first-order chi connectivity index (χ1) is 13.3. The first-order valence-corrected chi connectivity index (χ1v) is 10.6. The number of rotatable bonds is 3. The van der Waals surface area contributed by atoms with Gasteiger partial charge in [-0.25, -0.2) is 17.2 Å². The Bertz CT molecular complexity index is 1010. The summed E-state index contributed by atoms with van der Waals surface area (Å²) in [6.07, 6.45) is 1.64. The number of hydrogen-bond donors (Lipinski definition) is 0. The van der Waals surface area contributed by atoms with Gasteiger partial charge in [-0.15, -0.1) is 0 Å². The van der Waals surface area contributed by atoms with E-state index in [0.717, 1.165) is 17.8 Å². The fraction of sp³-hybridized carbons (Fsp3) is 0.350. The predicted octanol–water partition coefficient (Wildman–Crippen LogP) is 3.17. The van der Waals surface area contributed by atoms with Crippen molar-refractivity contribution in [1.29, 1.82) is 0 Å². The second-order valence-corrected chi connectivity index (χ2v) is 9.25. The van der Waals surface area contributed by atoms with Crippen molar-refractivity contribution in [2.75, 3.05) is 24.5 Å². The third kappa shape index (κ3) is 3.10. The number of amides is 1. The summed E-state index contributed by atoms with van der Waals surface area (Å²) in [5.41, 5.74) is -0.0218. The van der Waals surface area contributed by atoms with Crippen molar-refractivity contribution in [3.63, 3.8) is 0 Å². The molecular weight excluding hydrogens is 386 g/mol. The molecule has 2 aliphatic rings. The Labute approximate surface area is 162 Å². The van der Waals surface area contributed by atoms with Crippen LogP contribution in [0.15, 0.2) is 53.4 Å². The molecule has 5 nitrogen and oxygen atoms in total. The molecule has 0 aromatic heterocycles. The molecule has 0 radical (unpaired) electrons. The SMILES string of the molecule is O=C1N(c2ccccc2)CCC12CCCN(S(=O)(=O)c1ccc(F)cc1F)C2. The van der Waals surface area contributed by atoms with E-state index in [1.165, 1.54) is 4.31 Å². The van der Waals surface area contributed by atoms with Gasteiger partial charge in [-0.05, 0) is 43.5 Å². The highest BCUT2D eigenvalue weighted by atomic mass is 32.2. The first-order valence-electron chi connectivity index (χ1n) is 9.16. The molecule has 1 amide bonds. The summed E-state index contributed by atoms with van der Waals surface area (Å²) in [5.74, 6) is -2.06. The minimum atomic E-state index is -4.16. The van der Waals surface area contributed by atoms with Gasteiger partial charge in [0.2, 0.25) is 15.9 Å². The zero-order valence-electron chi connectivity index (χ0n) is 15.1. The summed E-state index contributed by atoms with van der Waals surface area (Å²) in [7, 11) is -4.16. The molecule has 8 heteroatoms. The van der Waals surface area contributed by atoms with E-state index < -0.39 is 32.0 Å². The van der Waals surface area contributed by atoms with E-state index in [1.54, 1.807) is 4.90 Å². The number of piperidine rings is 1. The highest BCUT2D eigenvalue weighted by Gasteiger charge is 2.51. The largest absolute Gasteiger partial charge is 0.312 e. The summed E-state index contributed by atoms with van der Waals surface area (Å²) in [6, 6.07) is 11.7. The van der Waals surface area contributed by atoms with Crippen LogP contribution in [-0.4, -0.2) is 38.3 Å². The highest BCUT2D eigenvalue weighted by molar-refractivity contribution is 7.89. The van der Waals surface area contributed by atoms with E-state index in [1.807, 2.05) is 30.3 Å². The van der Waals surface area contributed by atoms with Crippen LogP contribution in [0.2, 0.25) is 0 Å². The van der Waals surface area contributed by atoms with Crippen LogP contribution in [0.4, 0.5) is 14.5 Å². The fourth-order valence-electron chi connectivity index (χ4n) is 4.17. The normalized spacial score (nSPS) is 23.5. The summed E-state index contributed by atoms with van der Waals surface area (Å²) in [5, 5.41) is 0. The molecule has 2 aromatic rings. The Morgan fingerprint density at radius 1 is 0.964 bits per heavy atom. The third-order valence-electron chi connectivity index (χ3n) is 5.63. The van der Waals surface area contributed by atoms with Crippen molar-refractivity contribution >= 4 is 21.6 Å². The lowest BCUT2D eigenvalue weighted by molar-refractivity contribution is -0.127. The lowest BCUT2D eigenvalue weighted by atomic mass is 9.79. The van der Waals surface area contributed by atoms with E-state index in [0.29, 0.717) is 31.9 Å². The van der Waals surface area contributed by atoms with E-state index in [-0.39, 0.29) is 19.0 Å². The number of carbonyl (C=O) groups is 1. The maximum absolute atomic E-state index is 14.1. The molecule has 148 valence electrons. The molecule has 0 aliphatic carbocycles. The zero-order chi connectivity index (χ0) is 19.9. The average Bonchev–Trinajstić information content (AvgIpc) is 2.98. The lowest BCUT2D eigenvalue weighted by Gasteiger charge is -2.38. The van der Waals surface area contributed by atoms with Crippen LogP contribution < -0.4 is 4.90 Å². The number of nitrogens with zero attached hydrogens (tertiary/aromatic N) is 2. The lowest BCUT2D eigenvalue weighted by Crippen LogP contribution is -2.50. The molecule has 1 atom stereocenters. The van der Waals surface area contributed by atoms with Crippen LogP contribution >= 0.6 is 0 Å². The Kier molecular flexibility index (Phi) is 4.71. The van der Waals surface area contributed by atoms with Crippen LogP contribution in [0.5, 0.6) is 0 Å². The third-order valence-corrected chi connectivity index (χ3v) is 7.51. The minimum Gasteiger partial charge on any atom is -0.312 e. The summed E-state index contributed by atoms with van der Waals surface area (Å²) in [6.45, 7) is 0.732. The monoisotopic (exact) mass is 406 g/mol. The molecule has 28 heavy (non-hydrogen) atoms. The van der Waals surface area contributed by atoms with E-state index >= 15 is 0 Å². The van der Waals surface area contributed by atoms with E-state index in [9.17, 15) is 22.0 Å². The second kappa shape index (κ2) is 6.93. The van der Waals surface area contributed by atoms with Gasteiger partial charge in [-0.3, -0.25) is 4.79 Å². The molecule has 2 fully saturated rings. The van der Waals surface area contributed by atoms with Crippen molar-refractivity contribution in [2.24, 2.45) is 5.41 Å². The van der Waals surface area contributed by atoms with Crippen LogP contribution in [0.25, 0.3) is 0 Å². The zero-order valence-corrected chi connectivity index (χ0v) is 16.0.